The van der Waals surface area contributed by atoms with Crippen molar-refractivity contribution in [3.8, 4) is 5.75 Å². The van der Waals surface area contributed by atoms with E-state index in [9.17, 15) is 14.4 Å². The summed E-state index contributed by atoms with van der Waals surface area (Å²) in [6.45, 7) is 3.48. The maximum Gasteiger partial charge on any atom is 0.273 e. The summed E-state index contributed by atoms with van der Waals surface area (Å²) < 4.78 is 5.68. The van der Waals surface area contributed by atoms with E-state index in [4.69, 9.17) is 4.74 Å². The number of carbonyl (C=O) groups is 2. The van der Waals surface area contributed by atoms with Crippen molar-refractivity contribution in [2.45, 2.75) is 50.1 Å². The number of hydrogen-bond acceptors (Lipinski definition) is 7. The van der Waals surface area contributed by atoms with Crippen LogP contribution in [0.2, 0.25) is 0 Å². The SMILES string of the molecule is CSc1nnc(CCC(=O)N2CCC3(CCN(C(=O)CCCOc4ccccc4)CC3)C2)c(=O)[nH]1. The second kappa shape index (κ2) is 11.7. The lowest BCUT2D eigenvalue weighted by molar-refractivity contribution is -0.135. The van der Waals surface area contributed by atoms with Gasteiger partial charge >= 0.3 is 0 Å². The van der Waals surface area contributed by atoms with Crippen LogP contribution in [-0.2, 0) is 16.0 Å². The number of amides is 2. The molecular weight excluding hydrogens is 466 g/mol. The van der Waals surface area contributed by atoms with E-state index < -0.39 is 0 Å². The summed E-state index contributed by atoms with van der Waals surface area (Å²) in [5.74, 6) is 1.06. The Morgan fingerprint density at radius 3 is 2.40 bits per heavy atom. The fourth-order valence-electron chi connectivity index (χ4n) is 4.86. The summed E-state index contributed by atoms with van der Waals surface area (Å²) in [6.07, 6.45) is 6.35. The maximum absolute atomic E-state index is 12.8. The lowest BCUT2D eigenvalue weighted by atomic mass is 9.77. The first-order valence-corrected chi connectivity index (χ1v) is 13.4. The van der Waals surface area contributed by atoms with Crippen molar-refractivity contribution >= 4 is 23.6 Å². The van der Waals surface area contributed by atoms with Crippen LogP contribution in [0.1, 0.15) is 44.2 Å². The van der Waals surface area contributed by atoms with Crippen LogP contribution in [0.25, 0.3) is 0 Å². The third-order valence-electron chi connectivity index (χ3n) is 7.03. The maximum atomic E-state index is 12.8. The number of thioether (sulfide) groups is 1. The minimum atomic E-state index is -0.279. The molecule has 10 heteroatoms. The number of aromatic amines is 1. The highest BCUT2D eigenvalue weighted by Crippen LogP contribution is 2.40. The molecule has 0 aliphatic carbocycles. The van der Waals surface area contributed by atoms with Gasteiger partial charge in [-0.25, -0.2) is 0 Å². The molecule has 0 atom stereocenters. The number of piperidine rings is 1. The number of rotatable bonds is 9. The van der Waals surface area contributed by atoms with E-state index in [2.05, 4.69) is 15.2 Å². The Balaban J connectivity index is 1.17. The van der Waals surface area contributed by atoms with Gasteiger partial charge in [0, 0.05) is 45.4 Å². The van der Waals surface area contributed by atoms with Crippen LogP contribution < -0.4 is 10.3 Å². The number of H-pyrrole nitrogens is 1. The molecular formula is C25H33N5O4S. The fourth-order valence-corrected chi connectivity index (χ4v) is 5.18. The average molecular weight is 500 g/mol. The topological polar surface area (TPSA) is 108 Å². The fraction of sp³-hybridized carbons (Fsp3) is 0.560. The first kappa shape index (κ1) is 25.2. The Kier molecular flexibility index (Phi) is 8.43. The molecule has 35 heavy (non-hydrogen) atoms. The van der Waals surface area contributed by atoms with Crippen LogP contribution in [-0.4, -0.2) is 75.8 Å². The number of nitrogens with zero attached hydrogens (tertiary/aromatic N) is 4. The second-order valence-corrected chi connectivity index (χ2v) is 10.1. The van der Waals surface area contributed by atoms with Gasteiger partial charge in [0.1, 0.15) is 11.4 Å². The van der Waals surface area contributed by atoms with Crippen molar-refractivity contribution in [3.63, 3.8) is 0 Å². The number of ether oxygens (including phenoxy) is 1. The molecule has 1 aromatic heterocycles. The molecule has 2 fully saturated rings. The van der Waals surface area contributed by atoms with Crippen LogP contribution in [0.5, 0.6) is 5.75 Å². The minimum absolute atomic E-state index is 0.0499. The molecule has 9 nitrogen and oxygen atoms in total. The molecule has 188 valence electrons. The monoisotopic (exact) mass is 499 g/mol. The number of likely N-dealkylation sites (tertiary alicyclic amines) is 2. The number of nitrogens with one attached hydrogen (secondary N) is 1. The van der Waals surface area contributed by atoms with Gasteiger partial charge in [-0.15, -0.1) is 10.2 Å². The second-order valence-electron chi connectivity index (χ2n) is 9.32. The average Bonchev–Trinajstić information content (AvgIpc) is 3.30. The van der Waals surface area contributed by atoms with Crippen LogP contribution in [0.4, 0.5) is 0 Å². The standard InChI is InChI=1S/C25H33N5O4S/c1-35-24-26-23(33)20(27-28-24)9-10-22(32)30-16-13-25(18-30)11-14-29(15-12-25)21(31)8-5-17-34-19-6-3-2-4-7-19/h2-4,6-7H,5,8-18H2,1H3,(H,26,28,33). The quantitative estimate of drug-likeness (QED) is 0.417. The number of hydrogen-bond donors (Lipinski definition) is 1. The summed E-state index contributed by atoms with van der Waals surface area (Å²) in [6, 6.07) is 9.64. The van der Waals surface area contributed by atoms with Gasteiger partial charge in [0.15, 0.2) is 5.16 Å². The zero-order valence-electron chi connectivity index (χ0n) is 20.2. The lowest BCUT2D eigenvalue weighted by Crippen LogP contribution is -2.44. The zero-order valence-corrected chi connectivity index (χ0v) is 21.0. The number of aryl methyl sites for hydroxylation is 1. The zero-order chi connectivity index (χ0) is 24.7. The first-order chi connectivity index (χ1) is 17.0. The Morgan fingerprint density at radius 2 is 1.71 bits per heavy atom. The van der Waals surface area contributed by atoms with Gasteiger partial charge in [0.2, 0.25) is 11.8 Å². The summed E-state index contributed by atoms with van der Waals surface area (Å²) >= 11 is 1.32. The summed E-state index contributed by atoms with van der Waals surface area (Å²) in [4.78, 5) is 44.0. The lowest BCUT2D eigenvalue weighted by Gasteiger charge is -2.39. The molecule has 1 spiro atoms. The van der Waals surface area contributed by atoms with E-state index in [-0.39, 0.29) is 35.6 Å². The molecule has 2 aliphatic heterocycles. The number of para-hydroxylation sites is 1. The van der Waals surface area contributed by atoms with E-state index in [0.717, 1.165) is 51.2 Å². The summed E-state index contributed by atoms with van der Waals surface area (Å²) in [5.41, 5.74) is 0.116. The molecule has 0 bridgehead atoms. The highest BCUT2D eigenvalue weighted by atomic mass is 32.2. The van der Waals surface area contributed by atoms with Gasteiger partial charge < -0.3 is 14.5 Å². The minimum Gasteiger partial charge on any atom is -0.494 e. The van der Waals surface area contributed by atoms with Crippen molar-refractivity contribution < 1.29 is 14.3 Å². The van der Waals surface area contributed by atoms with Gasteiger partial charge in [-0.05, 0) is 49.5 Å². The predicted molar refractivity (Wildman–Crippen MR) is 133 cm³/mol. The molecule has 2 saturated heterocycles. The number of carbonyl (C=O) groups excluding carboxylic acids is 2. The van der Waals surface area contributed by atoms with Crippen LogP contribution in [0, 0.1) is 5.41 Å². The smallest absolute Gasteiger partial charge is 0.273 e. The molecule has 0 radical (unpaired) electrons. The summed E-state index contributed by atoms with van der Waals surface area (Å²) in [5, 5.41) is 8.39. The first-order valence-electron chi connectivity index (χ1n) is 12.2. The van der Waals surface area contributed by atoms with Gasteiger partial charge in [-0.2, -0.15) is 0 Å². The Bertz CT molecular complexity index is 1070. The van der Waals surface area contributed by atoms with Gasteiger partial charge in [-0.1, -0.05) is 30.0 Å². The molecule has 2 aliphatic rings. The Hall–Kier alpha value is -2.88. The molecule has 1 aromatic carbocycles. The number of aromatic nitrogens is 3. The molecule has 0 unspecified atom stereocenters. The van der Waals surface area contributed by atoms with E-state index in [1.165, 1.54) is 11.8 Å². The highest BCUT2D eigenvalue weighted by molar-refractivity contribution is 7.98. The van der Waals surface area contributed by atoms with Crippen molar-refractivity contribution in [3.05, 3.63) is 46.4 Å². The third-order valence-corrected chi connectivity index (χ3v) is 7.60. The normalized spacial score (nSPS) is 17.1. The third kappa shape index (κ3) is 6.62. The van der Waals surface area contributed by atoms with Crippen LogP contribution in [0.3, 0.4) is 0 Å². The number of benzene rings is 1. The highest BCUT2D eigenvalue weighted by Gasteiger charge is 2.42. The van der Waals surface area contributed by atoms with Crippen LogP contribution in [0.15, 0.2) is 40.3 Å². The Labute approximate surface area is 209 Å². The van der Waals surface area contributed by atoms with Crippen LogP contribution >= 0.6 is 11.8 Å². The van der Waals surface area contributed by atoms with Gasteiger partial charge in [-0.3, -0.25) is 19.4 Å². The predicted octanol–water partition coefficient (Wildman–Crippen LogP) is 2.52. The molecule has 0 saturated carbocycles. The van der Waals surface area contributed by atoms with E-state index in [1.54, 1.807) is 0 Å². The van der Waals surface area contributed by atoms with Gasteiger partial charge in [0.25, 0.3) is 5.56 Å². The largest absolute Gasteiger partial charge is 0.494 e. The molecule has 2 aromatic rings. The molecule has 4 rings (SSSR count). The van der Waals surface area contributed by atoms with E-state index in [1.807, 2.05) is 46.4 Å². The van der Waals surface area contributed by atoms with Crippen molar-refractivity contribution in [2.24, 2.45) is 5.41 Å². The van der Waals surface area contributed by atoms with Crippen molar-refractivity contribution in [1.29, 1.82) is 0 Å². The van der Waals surface area contributed by atoms with E-state index >= 15 is 0 Å². The van der Waals surface area contributed by atoms with E-state index in [0.29, 0.717) is 30.3 Å². The summed E-state index contributed by atoms with van der Waals surface area (Å²) in [7, 11) is 0. The molecule has 1 N–H and O–H groups in total. The van der Waals surface area contributed by atoms with Crippen molar-refractivity contribution in [2.75, 3.05) is 39.0 Å². The molecule has 2 amide bonds. The van der Waals surface area contributed by atoms with Gasteiger partial charge in [0.05, 0.1) is 6.61 Å². The van der Waals surface area contributed by atoms with Crippen molar-refractivity contribution in [1.82, 2.24) is 25.0 Å². The Morgan fingerprint density at radius 1 is 1.03 bits per heavy atom. The molecule has 3 heterocycles.